The average Bonchev–Trinajstić information content (AvgIpc) is 2.82. The molecular formula is C14H20O5Si. The van der Waals surface area contributed by atoms with Crippen molar-refractivity contribution in [1.82, 2.24) is 0 Å². The molecule has 0 radical (unpaired) electrons. The van der Waals surface area contributed by atoms with Crippen molar-refractivity contribution >= 4 is 14.3 Å². The molecule has 6 heteroatoms. The summed E-state index contributed by atoms with van der Waals surface area (Å²) in [7, 11) is -1.71. The van der Waals surface area contributed by atoms with Crippen molar-refractivity contribution in [3.63, 3.8) is 0 Å². The highest BCUT2D eigenvalue weighted by atomic mass is 28.4. The van der Waals surface area contributed by atoms with Gasteiger partial charge in [-0.3, -0.25) is 4.79 Å². The van der Waals surface area contributed by atoms with Crippen molar-refractivity contribution in [3.8, 4) is 0 Å². The lowest BCUT2D eigenvalue weighted by atomic mass is 9.67. The minimum Gasteiger partial charge on any atom is -0.546 e. The fourth-order valence-electron chi connectivity index (χ4n) is 4.02. The van der Waals surface area contributed by atoms with Crippen LogP contribution in [-0.4, -0.2) is 45.3 Å². The second-order valence-corrected chi connectivity index (χ2v) is 11.6. The van der Waals surface area contributed by atoms with Gasteiger partial charge in [0.05, 0.1) is 0 Å². The number of hydrogen-bond acceptors (Lipinski definition) is 5. The van der Waals surface area contributed by atoms with Crippen LogP contribution in [0.5, 0.6) is 0 Å². The molecule has 0 aromatic carbocycles. The highest BCUT2D eigenvalue weighted by Gasteiger charge is 2.75. The lowest BCUT2D eigenvalue weighted by Gasteiger charge is -2.44. The first-order valence-corrected chi connectivity index (χ1v) is 10.6. The van der Waals surface area contributed by atoms with Crippen molar-refractivity contribution < 1.29 is 23.4 Å². The van der Waals surface area contributed by atoms with E-state index in [2.05, 4.69) is 19.6 Å². The quantitative estimate of drug-likeness (QED) is 0.572. The van der Waals surface area contributed by atoms with Crippen LogP contribution < -0.4 is 0 Å². The van der Waals surface area contributed by atoms with Crippen molar-refractivity contribution in [3.05, 3.63) is 11.8 Å². The molecule has 0 amide bonds. The normalized spacial score (nSPS) is 45.8. The van der Waals surface area contributed by atoms with E-state index in [0.29, 0.717) is 26.1 Å². The molecule has 4 heterocycles. The molecule has 0 saturated carbocycles. The maximum atomic E-state index is 12.3. The second-order valence-electron chi connectivity index (χ2n) is 7.18. The van der Waals surface area contributed by atoms with Gasteiger partial charge >= 0.3 is 5.97 Å². The number of rotatable bonds is 2. The van der Waals surface area contributed by atoms with Gasteiger partial charge in [-0.15, -0.1) is 0 Å². The van der Waals surface area contributed by atoms with Crippen LogP contribution in [0.2, 0.25) is 19.6 Å². The van der Waals surface area contributed by atoms with Gasteiger partial charge in [0.2, 0.25) is 8.32 Å². The number of hydrogen-bond donors (Lipinski definition) is 0. The maximum Gasteiger partial charge on any atom is 0.315 e. The predicted molar refractivity (Wildman–Crippen MR) is 72.5 cm³/mol. The van der Waals surface area contributed by atoms with E-state index in [4.69, 9.17) is 18.6 Å². The van der Waals surface area contributed by atoms with E-state index in [-0.39, 0.29) is 18.2 Å². The van der Waals surface area contributed by atoms with E-state index in [1.54, 1.807) is 0 Å². The molecule has 0 unspecified atom stereocenters. The Balaban J connectivity index is 1.76. The molecule has 0 aromatic rings. The number of ether oxygens (including phenoxy) is 3. The summed E-state index contributed by atoms with van der Waals surface area (Å²) in [4.78, 5) is 12.3. The zero-order valence-corrected chi connectivity index (χ0v) is 13.1. The molecule has 2 bridgehead atoms. The lowest BCUT2D eigenvalue weighted by Crippen LogP contribution is -2.59. The van der Waals surface area contributed by atoms with Crippen LogP contribution in [-0.2, 0) is 23.4 Å². The van der Waals surface area contributed by atoms with Gasteiger partial charge in [0.25, 0.3) is 0 Å². The first kappa shape index (κ1) is 12.9. The molecule has 20 heavy (non-hydrogen) atoms. The average molecular weight is 296 g/mol. The first-order chi connectivity index (χ1) is 9.36. The van der Waals surface area contributed by atoms with Gasteiger partial charge in [0.1, 0.15) is 35.6 Å². The molecule has 4 atom stereocenters. The predicted octanol–water partition coefficient (Wildman–Crippen LogP) is 1.60. The molecule has 5 nitrogen and oxygen atoms in total. The van der Waals surface area contributed by atoms with Crippen LogP contribution in [0.4, 0.5) is 0 Å². The molecule has 4 aliphatic rings. The van der Waals surface area contributed by atoms with Crippen LogP contribution >= 0.6 is 0 Å². The van der Waals surface area contributed by atoms with Crippen molar-refractivity contribution in [2.45, 2.75) is 50.3 Å². The van der Waals surface area contributed by atoms with Crippen LogP contribution in [0, 0.1) is 5.41 Å². The largest absolute Gasteiger partial charge is 0.546 e. The molecule has 0 N–H and O–H groups in total. The van der Waals surface area contributed by atoms with Crippen LogP contribution in [0.1, 0.15) is 12.8 Å². The summed E-state index contributed by atoms with van der Waals surface area (Å²) >= 11 is 0. The third-order valence-electron chi connectivity index (χ3n) is 4.85. The minimum absolute atomic E-state index is 0.115. The molecular weight excluding hydrogens is 276 g/mol. The van der Waals surface area contributed by atoms with Gasteiger partial charge in [0.15, 0.2) is 0 Å². The molecule has 4 aliphatic heterocycles. The zero-order valence-electron chi connectivity index (χ0n) is 12.1. The van der Waals surface area contributed by atoms with E-state index >= 15 is 0 Å². The third-order valence-corrected chi connectivity index (χ3v) is 5.70. The summed E-state index contributed by atoms with van der Waals surface area (Å²) in [6, 6.07) is 0. The Morgan fingerprint density at radius 2 is 2.20 bits per heavy atom. The first-order valence-electron chi connectivity index (χ1n) is 7.24. The minimum atomic E-state index is -1.71. The number of carbonyl (C=O) groups is 1. The Hall–Kier alpha value is -0.853. The third kappa shape index (κ3) is 1.42. The molecule has 0 aliphatic carbocycles. The van der Waals surface area contributed by atoms with Gasteiger partial charge in [-0.1, -0.05) is 0 Å². The second kappa shape index (κ2) is 3.67. The Kier molecular flexibility index (Phi) is 2.36. The standard InChI is InChI=1S/C14H20O5Si/c1-20(2,3)19-9-6-11-14-8-17-12(15)13(14,4-5-16-11)7-10(9)18-14/h6,10-11H,4-5,7-8H2,1-3H3/t10-,11+,13-,14-/m1/s1. The topological polar surface area (TPSA) is 54.0 Å². The lowest BCUT2D eigenvalue weighted by molar-refractivity contribution is -0.187. The zero-order chi connectivity index (χ0) is 14.2. The van der Waals surface area contributed by atoms with Gasteiger partial charge in [-0.05, 0) is 38.6 Å². The van der Waals surface area contributed by atoms with E-state index < -0.39 is 19.3 Å². The van der Waals surface area contributed by atoms with Crippen LogP contribution in [0.15, 0.2) is 11.8 Å². The van der Waals surface area contributed by atoms with E-state index in [1.165, 1.54) is 0 Å². The van der Waals surface area contributed by atoms with Gasteiger partial charge in [-0.25, -0.2) is 0 Å². The summed E-state index contributed by atoms with van der Waals surface area (Å²) < 4.78 is 23.6. The SMILES string of the molecule is C[Si](C)(C)OC1=C[C@@H]2OCC[C@]34C[C@H]1O[C@]23COC4=O. The molecule has 3 fully saturated rings. The summed E-state index contributed by atoms with van der Waals surface area (Å²) in [6.07, 6.45) is 3.05. The van der Waals surface area contributed by atoms with E-state index in [9.17, 15) is 4.79 Å². The van der Waals surface area contributed by atoms with Gasteiger partial charge in [0, 0.05) is 6.61 Å². The number of cyclic esters (lactones) is 1. The van der Waals surface area contributed by atoms with Crippen LogP contribution in [0.3, 0.4) is 0 Å². The molecule has 110 valence electrons. The Morgan fingerprint density at radius 1 is 1.40 bits per heavy atom. The number of esters is 1. The highest BCUT2D eigenvalue weighted by molar-refractivity contribution is 6.70. The molecule has 3 saturated heterocycles. The maximum absolute atomic E-state index is 12.3. The fourth-order valence-corrected chi connectivity index (χ4v) is 4.93. The van der Waals surface area contributed by atoms with Gasteiger partial charge in [-0.2, -0.15) is 0 Å². The summed E-state index contributed by atoms with van der Waals surface area (Å²) in [5.41, 5.74) is -1.14. The Bertz CT molecular complexity index is 510. The monoisotopic (exact) mass is 296 g/mol. The Labute approximate surface area is 119 Å². The van der Waals surface area contributed by atoms with Crippen molar-refractivity contribution in [2.24, 2.45) is 5.41 Å². The van der Waals surface area contributed by atoms with Gasteiger partial charge < -0.3 is 18.6 Å². The summed E-state index contributed by atoms with van der Waals surface area (Å²) in [5.74, 6) is 0.749. The molecule has 0 aromatic heterocycles. The van der Waals surface area contributed by atoms with Crippen molar-refractivity contribution in [2.75, 3.05) is 13.2 Å². The summed E-state index contributed by atoms with van der Waals surface area (Å²) in [6.45, 7) is 7.33. The fraction of sp³-hybridized carbons (Fsp3) is 0.786. The summed E-state index contributed by atoms with van der Waals surface area (Å²) in [5, 5.41) is 0. The van der Waals surface area contributed by atoms with Crippen molar-refractivity contribution in [1.29, 1.82) is 0 Å². The van der Waals surface area contributed by atoms with E-state index in [1.807, 2.05) is 6.08 Å². The highest BCUT2D eigenvalue weighted by Crippen LogP contribution is 2.61. The molecule has 1 spiro atoms. The van der Waals surface area contributed by atoms with E-state index in [0.717, 1.165) is 5.76 Å². The smallest absolute Gasteiger partial charge is 0.315 e. The Morgan fingerprint density at radius 3 is 2.95 bits per heavy atom. The van der Waals surface area contributed by atoms with Crippen LogP contribution in [0.25, 0.3) is 0 Å². The number of fused-ring (bicyclic) bond motifs is 1. The number of carbonyl (C=O) groups excluding carboxylic acids is 1. The molecule has 4 rings (SSSR count).